The summed E-state index contributed by atoms with van der Waals surface area (Å²) < 4.78 is 0. The number of aliphatic hydroxyl groups is 2. The maximum Gasteiger partial charge on any atom is 0.0402 e. The molecular formula is C5H18O2Y. The molecule has 0 spiro atoms. The molecule has 1 radical (unpaired) electrons. The van der Waals surface area contributed by atoms with E-state index in [1.807, 2.05) is 0 Å². The summed E-state index contributed by atoms with van der Waals surface area (Å²) in [6, 6.07) is 0. The normalized spacial score (nSPS) is 3.00. The topological polar surface area (TPSA) is 40.5 Å². The van der Waals surface area contributed by atoms with Gasteiger partial charge in [0, 0.05) is 46.4 Å². The Hall–Kier alpha value is 1.02. The molecule has 0 amide bonds. The molecule has 2 N–H and O–H groups in total. The van der Waals surface area contributed by atoms with Crippen LogP contribution < -0.4 is 0 Å². The van der Waals surface area contributed by atoms with Gasteiger partial charge in [0.1, 0.15) is 0 Å². The van der Waals surface area contributed by atoms with Gasteiger partial charge in [0.25, 0.3) is 0 Å². The molecule has 0 aliphatic rings. The zero-order chi connectivity index (χ0) is 4.71. The van der Waals surface area contributed by atoms with Gasteiger partial charge in [0.2, 0.25) is 0 Å². The average Bonchev–Trinajstić information content (AvgIpc) is 1.46. The fourth-order valence-corrected chi connectivity index (χ4v) is 0. The molecule has 0 saturated carbocycles. The second kappa shape index (κ2) is 96.6. The molecule has 53 valence electrons. The zero-order valence-corrected chi connectivity index (χ0v) is 7.02. The minimum atomic E-state index is 0. The van der Waals surface area contributed by atoms with Crippen molar-refractivity contribution in [1.82, 2.24) is 0 Å². The van der Waals surface area contributed by atoms with Crippen LogP contribution in [0, 0.1) is 0 Å². The van der Waals surface area contributed by atoms with Crippen LogP contribution in [0.3, 0.4) is 0 Å². The van der Waals surface area contributed by atoms with Crippen molar-refractivity contribution in [2.45, 2.75) is 21.8 Å². The van der Waals surface area contributed by atoms with E-state index in [2.05, 4.69) is 0 Å². The molecule has 0 bridgehead atoms. The Bertz CT molecular complexity index is 10.4. The van der Waals surface area contributed by atoms with Gasteiger partial charge in [0.05, 0.1) is 0 Å². The first-order valence-electron chi connectivity index (χ1n) is 1.47. The van der Waals surface area contributed by atoms with Crippen LogP contribution in [0.1, 0.15) is 21.8 Å². The van der Waals surface area contributed by atoms with Gasteiger partial charge in [0.15, 0.2) is 0 Å². The van der Waals surface area contributed by atoms with Crippen LogP contribution in [0.15, 0.2) is 0 Å². The van der Waals surface area contributed by atoms with Gasteiger partial charge in [-0.3, -0.25) is 0 Å². The largest absolute Gasteiger partial charge is 0.400 e. The minimum Gasteiger partial charge on any atom is -0.400 e. The van der Waals surface area contributed by atoms with Crippen LogP contribution >= 0.6 is 0 Å². The summed E-state index contributed by atoms with van der Waals surface area (Å²) in [5, 5.41) is 14.6. The summed E-state index contributed by atoms with van der Waals surface area (Å²) in [5.41, 5.74) is 0. The molecule has 0 rings (SSSR count). The summed E-state index contributed by atoms with van der Waals surface area (Å²) in [6.07, 6.45) is 0. The molecule has 0 aliphatic heterocycles. The van der Waals surface area contributed by atoms with Crippen molar-refractivity contribution in [3.63, 3.8) is 0 Å². The van der Waals surface area contributed by atoms with E-state index >= 15 is 0 Å². The molecule has 0 heterocycles. The van der Waals surface area contributed by atoms with E-state index in [-0.39, 0.29) is 54.2 Å². The first-order valence-corrected chi connectivity index (χ1v) is 1.47. The van der Waals surface area contributed by atoms with Crippen LogP contribution in [0.2, 0.25) is 0 Å². The van der Waals surface area contributed by atoms with Gasteiger partial charge in [-0.05, 0) is 6.92 Å². The smallest absolute Gasteiger partial charge is 0.0402 e. The van der Waals surface area contributed by atoms with Crippen molar-refractivity contribution in [1.29, 1.82) is 0 Å². The molecule has 0 aromatic carbocycles. The predicted molar refractivity (Wildman–Crippen MR) is 34.4 cm³/mol. The van der Waals surface area contributed by atoms with E-state index in [9.17, 15) is 0 Å². The average molecular weight is 199 g/mol. The Morgan fingerprint density at radius 1 is 1.12 bits per heavy atom. The molecule has 0 atom stereocenters. The Balaban J connectivity index is -0.00000000567. The Morgan fingerprint density at radius 3 is 1.12 bits per heavy atom. The Labute approximate surface area is 78.2 Å². The number of rotatable bonds is 0. The van der Waals surface area contributed by atoms with Crippen LogP contribution in [0.25, 0.3) is 0 Å². The molecule has 8 heavy (non-hydrogen) atoms. The van der Waals surface area contributed by atoms with Crippen molar-refractivity contribution < 1.29 is 42.9 Å². The molecular weight excluding hydrogens is 181 g/mol. The van der Waals surface area contributed by atoms with Crippen LogP contribution in [-0.2, 0) is 32.7 Å². The van der Waals surface area contributed by atoms with Gasteiger partial charge in [-0.2, -0.15) is 0 Å². The van der Waals surface area contributed by atoms with Crippen molar-refractivity contribution in [2.75, 3.05) is 13.7 Å². The fourth-order valence-electron chi connectivity index (χ4n) is 0. The number of hydrogen-bond donors (Lipinski definition) is 2. The van der Waals surface area contributed by atoms with Gasteiger partial charge < -0.3 is 10.2 Å². The van der Waals surface area contributed by atoms with Crippen LogP contribution in [0.5, 0.6) is 0 Å². The van der Waals surface area contributed by atoms with E-state index in [1.54, 1.807) is 6.92 Å². The maximum atomic E-state index is 7.57. The van der Waals surface area contributed by atoms with E-state index in [4.69, 9.17) is 10.2 Å². The molecule has 0 aliphatic carbocycles. The Kier molecular flexibility index (Phi) is 433. The summed E-state index contributed by atoms with van der Waals surface area (Å²) in [5.74, 6) is 0. The third-order valence-corrected chi connectivity index (χ3v) is 0. The summed E-state index contributed by atoms with van der Waals surface area (Å²) in [6.45, 7) is 1.93. The van der Waals surface area contributed by atoms with E-state index in [0.717, 1.165) is 7.11 Å². The molecule has 0 aromatic rings. The van der Waals surface area contributed by atoms with E-state index in [1.165, 1.54) is 0 Å². The van der Waals surface area contributed by atoms with Crippen molar-refractivity contribution >= 4 is 0 Å². The molecule has 0 fully saturated rings. The molecule has 0 unspecified atom stereocenters. The maximum absolute atomic E-state index is 7.57. The third kappa shape index (κ3) is 243. The Morgan fingerprint density at radius 2 is 1.12 bits per heavy atom. The van der Waals surface area contributed by atoms with Crippen molar-refractivity contribution in [2.24, 2.45) is 0 Å². The van der Waals surface area contributed by atoms with Crippen LogP contribution in [-0.4, -0.2) is 23.9 Å². The van der Waals surface area contributed by atoms with E-state index < -0.39 is 0 Å². The minimum absolute atomic E-state index is 0. The zero-order valence-electron chi connectivity index (χ0n) is 4.18. The molecule has 3 heteroatoms. The van der Waals surface area contributed by atoms with Crippen molar-refractivity contribution in [3.05, 3.63) is 0 Å². The first kappa shape index (κ1) is 35.9. The predicted octanol–water partition coefficient (Wildman–Crippen LogP) is 0.877. The van der Waals surface area contributed by atoms with Crippen LogP contribution in [0.4, 0.5) is 0 Å². The fraction of sp³-hybridized carbons (Fsp3) is 1.00. The number of hydrogen-bond acceptors (Lipinski definition) is 2. The summed E-state index contributed by atoms with van der Waals surface area (Å²) >= 11 is 0. The SMILES string of the molecule is C.C.CCO.CO.[Y]. The monoisotopic (exact) mass is 199 g/mol. The van der Waals surface area contributed by atoms with Gasteiger partial charge in [-0.15, -0.1) is 0 Å². The molecule has 2 nitrogen and oxygen atoms in total. The van der Waals surface area contributed by atoms with Gasteiger partial charge in [-0.1, -0.05) is 14.9 Å². The molecule has 0 saturated heterocycles. The van der Waals surface area contributed by atoms with Gasteiger partial charge >= 0.3 is 0 Å². The van der Waals surface area contributed by atoms with E-state index in [0.29, 0.717) is 0 Å². The first-order chi connectivity index (χ1) is 2.41. The quantitative estimate of drug-likeness (QED) is 0.607. The summed E-state index contributed by atoms with van der Waals surface area (Å²) in [7, 11) is 1.00. The standard InChI is InChI=1S/C2H6O.CH4O.2CH4.Y/c1-2-3;1-2;;;/h3H,2H2,1H3;2H,1H3;2*1H4;. The summed E-state index contributed by atoms with van der Waals surface area (Å²) in [4.78, 5) is 0. The second-order valence-corrected chi connectivity index (χ2v) is 0.316. The van der Waals surface area contributed by atoms with Gasteiger partial charge in [-0.25, -0.2) is 0 Å². The third-order valence-electron chi connectivity index (χ3n) is 0. The number of aliphatic hydroxyl groups excluding tert-OH is 2. The van der Waals surface area contributed by atoms with Crippen molar-refractivity contribution in [3.8, 4) is 0 Å². The second-order valence-electron chi connectivity index (χ2n) is 0.316. The molecule has 0 aromatic heterocycles.